The second kappa shape index (κ2) is 8.00. The lowest BCUT2D eigenvalue weighted by Crippen LogP contribution is -2.31. The van der Waals surface area contributed by atoms with Gasteiger partial charge in [-0.05, 0) is 24.3 Å². The average Bonchev–Trinajstić information content (AvgIpc) is 3.16. The van der Waals surface area contributed by atoms with Crippen molar-refractivity contribution in [3.8, 4) is 5.75 Å². The fraction of sp³-hybridized carbons (Fsp3) is 0.190. The Labute approximate surface area is 172 Å². The van der Waals surface area contributed by atoms with Crippen LogP contribution in [-0.4, -0.2) is 34.2 Å². The van der Waals surface area contributed by atoms with Gasteiger partial charge in [-0.1, -0.05) is 18.2 Å². The van der Waals surface area contributed by atoms with Gasteiger partial charge >= 0.3 is 0 Å². The lowest BCUT2D eigenvalue weighted by Gasteiger charge is -2.22. The number of carbonyl (C=O) groups is 2. The molecule has 7 nitrogen and oxygen atoms in total. The maximum absolute atomic E-state index is 13.1. The number of imidazole rings is 1. The van der Waals surface area contributed by atoms with Crippen LogP contribution in [-0.2, 0) is 11.8 Å². The van der Waals surface area contributed by atoms with Crippen molar-refractivity contribution in [1.82, 2.24) is 14.9 Å². The monoisotopic (exact) mass is 408 g/mol. The normalized spacial score (nSPS) is 13.9. The largest absolute Gasteiger partial charge is 0.496 e. The van der Waals surface area contributed by atoms with E-state index in [0.717, 1.165) is 10.5 Å². The van der Waals surface area contributed by atoms with Gasteiger partial charge in [0.2, 0.25) is 5.91 Å². The number of nitrogens with zero attached hydrogens (tertiary/aromatic N) is 2. The molecule has 2 aromatic carbocycles. The van der Waals surface area contributed by atoms with Crippen molar-refractivity contribution < 1.29 is 14.3 Å². The predicted molar refractivity (Wildman–Crippen MR) is 111 cm³/mol. The van der Waals surface area contributed by atoms with Crippen molar-refractivity contribution in [3.63, 3.8) is 0 Å². The number of aromatic nitrogens is 2. The molecule has 0 radical (unpaired) electrons. The first-order valence-corrected chi connectivity index (χ1v) is 10.0. The second-order valence-corrected chi connectivity index (χ2v) is 7.61. The first kappa shape index (κ1) is 19.1. The zero-order valence-electron chi connectivity index (χ0n) is 16.0. The number of nitrogens with one attached hydrogen (secondary N) is 2. The van der Waals surface area contributed by atoms with E-state index in [0.29, 0.717) is 28.6 Å². The van der Waals surface area contributed by atoms with Crippen LogP contribution in [0.2, 0.25) is 0 Å². The topological polar surface area (TPSA) is 85.2 Å². The van der Waals surface area contributed by atoms with Gasteiger partial charge in [0, 0.05) is 35.5 Å². The number of carbonyl (C=O) groups excluding carboxylic acids is 2. The molecule has 3 aromatic rings. The first-order chi connectivity index (χ1) is 14.1. The van der Waals surface area contributed by atoms with Crippen LogP contribution in [0.1, 0.15) is 27.8 Å². The van der Waals surface area contributed by atoms with E-state index >= 15 is 0 Å². The summed E-state index contributed by atoms with van der Waals surface area (Å²) in [6, 6.07) is 12.3. The third kappa shape index (κ3) is 3.84. The third-order valence-electron chi connectivity index (χ3n) is 4.72. The van der Waals surface area contributed by atoms with Crippen LogP contribution in [0.4, 0.5) is 5.69 Å². The summed E-state index contributed by atoms with van der Waals surface area (Å²) in [5.74, 6) is 1.39. The summed E-state index contributed by atoms with van der Waals surface area (Å²) in [5, 5.41) is 5.88. The van der Waals surface area contributed by atoms with Gasteiger partial charge in [0.05, 0.1) is 18.6 Å². The van der Waals surface area contributed by atoms with Crippen LogP contribution in [0.3, 0.4) is 0 Å². The Kier molecular flexibility index (Phi) is 5.26. The molecular formula is C21H20N4O3S. The number of hydrogen-bond donors (Lipinski definition) is 2. The van der Waals surface area contributed by atoms with Crippen LogP contribution in [0, 0.1) is 0 Å². The number of para-hydroxylation sites is 1. The molecule has 2 amide bonds. The van der Waals surface area contributed by atoms with E-state index in [1.54, 1.807) is 25.4 Å². The number of benzene rings is 2. The van der Waals surface area contributed by atoms with Crippen LogP contribution in [0.15, 0.2) is 59.8 Å². The number of amides is 2. The molecule has 0 fully saturated rings. The Morgan fingerprint density at radius 3 is 2.90 bits per heavy atom. The van der Waals surface area contributed by atoms with Gasteiger partial charge in [0.1, 0.15) is 17.6 Å². The lowest BCUT2D eigenvalue weighted by molar-refractivity contribution is -0.113. The number of thioether (sulfide) groups is 1. The number of anilines is 1. The van der Waals surface area contributed by atoms with E-state index in [-0.39, 0.29) is 11.8 Å². The van der Waals surface area contributed by atoms with Crippen LogP contribution in [0.5, 0.6) is 5.75 Å². The molecule has 1 aliphatic heterocycles. The van der Waals surface area contributed by atoms with E-state index in [9.17, 15) is 9.59 Å². The molecule has 1 atom stereocenters. The molecular weight excluding hydrogens is 388 g/mol. The predicted octanol–water partition coefficient (Wildman–Crippen LogP) is 2.99. The van der Waals surface area contributed by atoms with Crippen molar-refractivity contribution in [2.45, 2.75) is 10.9 Å². The Bertz CT molecular complexity index is 1080. The summed E-state index contributed by atoms with van der Waals surface area (Å²) in [7, 11) is 3.47. The maximum Gasteiger partial charge on any atom is 0.252 e. The molecule has 2 heterocycles. The van der Waals surface area contributed by atoms with Gasteiger partial charge in [-0.15, -0.1) is 11.8 Å². The van der Waals surface area contributed by atoms with Crippen molar-refractivity contribution in [1.29, 1.82) is 0 Å². The van der Waals surface area contributed by atoms with E-state index in [1.807, 2.05) is 48.1 Å². The molecule has 0 saturated carbocycles. The highest BCUT2D eigenvalue weighted by molar-refractivity contribution is 8.00. The minimum Gasteiger partial charge on any atom is -0.496 e. The fourth-order valence-electron chi connectivity index (χ4n) is 3.28. The molecule has 0 spiro atoms. The molecule has 0 aliphatic carbocycles. The van der Waals surface area contributed by atoms with Crippen LogP contribution in [0.25, 0.3) is 0 Å². The lowest BCUT2D eigenvalue weighted by atomic mass is 10.0. The molecule has 0 saturated heterocycles. The minimum absolute atomic E-state index is 0.0695. The SMILES string of the molecule is COc1ccccc1[C@@H](NC(=O)c1ccc2c(c1)NC(=O)CS2)c1nccn1C. The Morgan fingerprint density at radius 2 is 2.14 bits per heavy atom. The third-order valence-corrected chi connectivity index (χ3v) is 5.79. The number of rotatable bonds is 5. The number of methoxy groups -OCH3 is 1. The molecule has 0 unspecified atom stereocenters. The highest BCUT2D eigenvalue weighted by atomic mass is 32.2. The quantitative estimate of drug-likeness (QED) is 0.678. The van der Waals surface area contributed by atoms with Crippen LogP contribution >= 0.6 is 11.8 Å². The second-order valence-electron chi connectivity index (χ2n) is 6.59. The summed E-state index contributed by atoms with van der Waals surface area (Å²) in [4.78, 5) is 30.1. The average molecular weight is 408 g/mol. The van der Waals surface area contributed by atoms with Gasteiger partial charge in [-0.25, -0.2) is 4.98 Å². The fourth-order valence-corrected chi connectivity index (χ4v) is 4.07. The highest BCUT2D eigenvalue weighted by Crippen LogP contribution is 2.33. The first-order valence-electron chi connectivity index (χ1n) is 9.04. The Morgan fingerprint density at radius 1 is 1.31 bits per heavy atom. The smallest absolute Gasteiger partial charge is 0.252 e. The molecule has 1 aromatic heterocycles. The van der Waals surface area contributed by atoms with Gasteiger partial charge in [-0.3, -0.25) is 9.59 Å². The summed E-state index contributed by atoms with van der Waals surface area (Å²) in [6.45, 7) is 0. The highest BCUT2D eigenvalue weighted by Gasteiger charge is 2.25. The molecule has 2 N–H and O–H groups in total. The Balaban J connectivity index is 1.68. The van der Waals surface area contributed by atoms with E-state index in [4.69, 9.17) is 4.74 Å². The molecule has 148 valence electrons. The molecule has 1 aliphatic rings. The van der Waals surface area contributed by atoms with Crippen molar-refractivity contribution in [2.24, 2.45) is 7.05 Å². The minimum atomic E-state index is -0.501. The number of ether oxygens (including phenoxy) is 1. The van der Waals surface area contributed by atoms with Crippen LogP contribution < -0.4 is 15.4 Å². The van der Waals surface area contributed by atoms with Gasteiger partial charge in [-0.2, -0.15) is 0 Å². The number of aryl methyl sites for hydroxylation is 1. The van der Waals surface area contributed by atoms with E-state index in [1.165, 1.54) is 11.8 Å². The van der Waals surface area contributed by atoms with Gasteiger partial charge < -0.3 is 19.9 Å². The summed E-state index contributed by atoms with van der Waals surface area (Å²) < 4.78 is 7.36. The van der Waals surface area contributed by atoms with Gasteiger partial charge in [0.15, 0.2) is 0 Å². The van der Waals surface area contributed by atoms with E-state index < -0.39 is 6.04 Å². The number of hydrogen-bond acceptors (Lipinski definition) is 5. The summed E-state index contributed by atoms with van der Waals surface area (Å²) in [5.41, 5.74) is 1.92. The molecule has 0 bridgehead atoms. The maximum atomic E-state index is 13.1. The molecule has 8 heteroatoms. The zero-order chi connectivity index (χ0) is 20.4. The molecule has 29 heavy (non-hydrogen) atoms. The zero-order valence-corrected chi connectivity index (χ0v) is 16.8. The Hall–Kier alpha value is -3.26. The van der Waals surface area contributed by atoms with Gasteiger partial charge in [0.25, 0.3) is 5.91 Å². The standard InChI is InChI=1S/C21H20N4O3S/c1-25-10-9-22-20(25)19(14-5-3-4-6-16(14)28-2)24-21(27)13-7-8-17-15(11-13)23-18(26)12-29-17/h3-11,19H,12H2,1-2H3,(H,23,26)(H,24,27)/t19-/m1/s1. The van der Waals surface area contributed by atoms with Crippen molar-refractivity contribution in [2.75, 3.05) is 18.2 Å². The molecule has 4 rings (SSSR count). The van der Waals surface area contributed by atoms with Crippen molar-refractivity contribution in [3.05, 3.63) is 71.8 Å². The van der Waals surface area contributed by atoms with E-state index in [2.05, 4.69) is 15.6 Å². The summed E-state index contributed by atoms with van der Waals surface area (Å²) >= 11 is 1.46. The number of fused-ring (bicyclic) bond motifs is 1. The van der Waals surface area contributed by atoms with Crippen molar-refractivity contribution >= 4 is 29.3 Å². The summed E-state index contributed by atoms with van der Waals surface area (Å²) in [6.07, 6.45) is 3.52.